The first-order valence-electron chi connectivity index (χ1n) is 7.93. The molecule has 0 aromatic heterocycles. The summed E-state index contributed by atoms with van der Waals surface area (Å²) in [6, 6.07) is 13.9. The molecule has 0 unspecified atom stereocenters. The Morgan fingerprint density at radius 1 is 0.923 bits per heavy atom. The van der Waals surface area contributed by atoms with Crippen molar-refractivity contribution in [1.82, 2.24) is 0 Å². The first-order chi connectivity index (χ1) is 12.5. The molecule has 134 valence electrons. The average molecular weight is 354 g/mol. The lowest BCUT2D eigenvalue weighted by atomic mass is 10.0. The van der Waals surface area contributed by atoms with Gasteiger partial charge in [0.2, 0.25) is 0 Å². The molecular weight excluding hydrogens is 336 g/mol. The molecule has 1 heterocycles. The maximum absolute atomic E-state index is 12.5. The molecule has 0 saturated carbocycles. The third kappa shape index (κ3) is 3.26. The van der Waals surface area contributed by atoms with E-state index in [-0.39, 0.29) is 5.57 Å². The first-order valence-corrected chi connectivity index (χ1v) is 7.93. The second kappa shape index (κ2) is 6.92. The van der Waals surface area contributed by atoms with Gasteiger partial charge < -0.3 is 18.9 Å². The minimum Gasteiger partial charge on any atom is -0.497 e. The minimum atomic E-state index is -1.47. The highest BCUT2D eigenvalue weighted by atomic mass is 16.7. The molecule has 0 N–H and O–H groups in total. The van der Waals surface area contributed by atoms with Crippen LogP contribution in [0.5, 0.6) is 11.5 Å². The van der Waals surface area contributed by atoms with Gasteiger partial charge in [0, 0.05) is 18.1 Å². The Morgan fingerprint density at radius 2 is 1.58 bits per heavy atom. The molecule has 6 nitrogen and oxygen atoms in total. The van der Waals surface area contributed by atoms with E-state index in [1.54, 1.807) is 42.5 Å². The summed E-state index contributed by atoms with van der Waals surface area (Å²) in [4.78, 5) is 25.0. The molecule has 6 heteroatoms. The number of hydrogen-bond acceptors (Lipinski definition) is 6. The van der Waals surface area contributed by atoms with Crippen molar-refractivity contribution in [2.75, 3.05) is 14.2 Å². The number of carbonyl (C=O) groups excluding carboxylic acids is 2. The van der Waals surface area contributed by atoms with Gasteiger partial charge in [-0.3, -0.25) is 0 Å². The lowest BCUT2D eigenvalue weighted by molar-refractivity contribution is -0.233. The van der Waals surface area contributed by atoms with Gasteiger partial charge in [-0.2, -0.15) is 0 Å². The van der Waals surface area contributed by atoms with E-state index in [0.717, 1.165) is 0 Å². The van der Waals surface area contributed by atoms with Crippen molar-refractivity contribution in [2.24, 2.45) is 0 Å². The average Bonchev–Trinajstić information content (AvgIpc) is 2.65. The number of ether oxygens (including phenoxy) is 4. The predicted molar refractivity (Wildman–Crippen MR) is 93.5 cm³/mol. The van der Waals surface area contributed by atoms with Gasteiger partial charge in [-0.1, -0.05) is 30.3 Å². The van der Waals surface area contributed by atoms with Gasteiger partial charge in [-0.25, -0.2) is 9.59 Å². The Balaban J connectivity index is 1.96. The normalized spacial score (nSPS) is 19.4. The van der Waals surface area contributed by atoms with Gasteiger partial charge >= 0.3 is 11.9 Å². The van der Waals surface area contributed by atoms with E-state index in [9.17, 15) is 9.59 Å². The minimum absolute atomic E-state index is 0.218. The van der Waals surface area contributed by atoms with Crippen LogP contribution in [0.15, 0.2) is 54.1 Å². The topological polar surface area (TPSA) is 71.1 Å². The molecule has 2 aromatic rings. The molecule has 0 aliphatic carbocycles. The maximum Gasteiger partial charge on any atom is 0.349 e. The van der Waals surface area contributed by atoms with Crippen LogP contribution in [0.3, 0.4) is 0 Å². The van der Waals surface area contributed by atoms with Crippen LogP contribution in [0.25, 0.3) is 6.08 Å². The fraction of sp³-hybridized carbons (Fsp3) is 0.200. The third-order valence-corrected chi connectivity index (χ3v) is 4.05. The fourth-order valence-corrected chi connectivity index (χ4v) is 2.65. The number of carbonyl (C=O) groups is 2. The molecule has 1 saturated heterocycles. The Hall–Kier alpha value is -3.28. The van der Waals surface area contributed by atoms with Gasteiger partial charge in [0.05, 0.1) is 14.2 Å². The second-order valence-corrected chi connectivity index (χ2v) is 5.76. The summed E-state index contributed by atoms with van der Waals surface area (Å²) in [5.74, 6) is -1.96. The van der Waals surface area contributed by atoms with E-state index in [1.165, 1.54) is 27.2 Å². The SMILES string of the molecule is COc1ccc(OC)c(C=C2C(=O)OC(C)(c3ccccc3)OC2=O)c1. The lowest BCUT2D eigenvalue weighted by Crippen LogP contribution is -2.42. The zero-order chi connectivity index (χ0) is 18.7. The van der Waals surface area contributed by atoms with E-state index in [0.29, 0.717) is 22.6 Å². The van der Waals surface area contributed by atoms with Crippen LogP contribution in [0.1, 0.15) is 18.1 Å². The number of esters is 2. The van der Waals surface area contributed by atoms with E-state index >= 15 is 0 Å². The second-order valence-electron chi connectivity index (χ2n) is 5.76. The predicted octanol–water partition coefficient (Wildman–Crippen LogP) is 3.06. The van der Waals surface area contributed by atoms with Crippen molar-refractivity contribution in [1.29, 1.82) is 0 Å². The van der Waals surface area contributed by atoms with E-state index in [4.69, 9.17) is 18.9 Å². The zero-order valence-corrected chi connectivity index (χ0v) is 14.6. The molecule has 0 radical (unpaired) electrons. The summed E-state index contributed by atoms with van der Waals surface area (Å²) in [7, 11) is 3.01. The van der Waals surface area contributed by atoms with Crippen LogP contribution < -0.4 is 9.47 Å². The maximum atomic E-state index is 12.5. The molecule has 0 bridgehead atoms. The number of hydrogen-bond donors (Lipinski definition) is 0. The molecule has 1 fully saturated rings. The van der Waals surface area contributed by atoms with Crippen LogP contribution in [0, 0.1) is 0 Å². The Kier molecular flexibility index (Phi) is 4.67. The van der Waals surface area contributed by atoms with Gasteiger partial charge in [0.25, 0.3) is 5.79 Å². The van der Waals surface area contributed by atoms with Crippen LogP contribution >= 0.6 is 0 Å². The highest BCUT2D eigenvalue weighted by Gasteiger charge is 2.43. The highest BCUT2D eigenvalue weighted by Crippen LogP contribution is 2.34. The van der Waals surface area contributed by atoms with Crippen molar-refractivity contribution in [3.05, 3.63) is 65.2 Å². The summed E-state index contributed by atoms with van der Waals surface area (Å²) in [6.07, 6.45) is 1.37. The summed E-state index contributed by atoms with van der Waals surface area (Å²) >= 11 is 0. The van der Waals surface area contributed by atoms with Crippen LogP contribution in [0.4, 0.5) is 0 Å². The summed E-state index contributed by atoms with van der Waals surface area (Å²) < 4.78 is 21.3. The van der Waals surface area contributed by atoms with Gasteiger partial charge in [-0.05, 0) is 24.3 Å². The number of rotatable bonds is 4. The summed E-state index contributed by atoms with van der Waals surface area (Å²) in [5, 5.41) is 0. The Bertz CT molecular complexity index is 849. The van der Waals surface area contributed by atoms with Gasteiger partial charge in [0.15, 0.2) is 0 Å². The largest absolute Gasteiger partial charge is 0.497 e. The molecule has 1 aliphatic rings. The molecular formula is C20H18O6. The first kappa shape index (κ1) is 17.5. The van der Waals surface area contributed by atoms with Crippen molar-refractivity contribution in [2.45, 2.75) is 12.7 Å². The fourth-order valence-electron chi connectivity index (χ4n) is 2.65. The number of benzene rings is 2. The highest BCUT2D eigenvalue weighted by molar-refractivity contribution is 6.19. The monoisotopic (exact) mass is 354 g/mol. The molecule has 0 atom stereocenters. The smallest absolute Gasteiger partial charge is 0.349 e. The summed E-state index contributed by atoms with van der Waals surface area (Å²) in [5.41, 5.74) is 0.851. The molecule has 0 spiro atoms. The molecule has 1 aliphatic heterocycles. The van der Waals surface area contributed by atoms with Gasteiger partial charge in [-0.15, -0.1) is 0 Å². The molecule has 3 rings (SSSR count). The van der Waals surface area contributed by atoms with Crippen molar-refractivity contribution < 1.29 is 28.5 Å². The Morgan fingerprint density at radius 3 is 2.15 bits per heavy atom. The zero-order valence-electron chi connectivity index (χ0n) is 14.6. The molecule has 26 heavy (non-hydrogen) atoms. The van der Waals surface area contributed by atoms with Crippen LogP contribution in [0.2, 0.25) is 0 Å². The lowest BCUT2D eigenvalue weighted by Gasteiger charge is -2.33. The molecule has 2 aromatic carbocycles. The third-order valence-electron chi connectivity index (χ3n) is 4.05. The van der Waals surface area contributed by atoms with Gasteiger partial charge in [0.1, 0.15) is 17.1 Å². The number of cyclic esters (lactones) is 2. The quantitative estimate of drug-likeness (QED) is 0.477. The standard InChI is InChI=1S/C20H18O6/c1-20(14-7-5-4-6-8-14)25-18(21)16(19(22)26-20)12-13-11-15(23-2)9-10-17(13)24-3/h4-12H,1-3H3. The van der Waals surface area contributed by atoms with Crippen LogP contribution in [-0.2, 0) is 24.8 Å². The van der Waals surface area contributed by atoms with E-state index < -0.39 is 17.7 Å². The van der Waals surface area contributed by atoms with Crippen LogP contribution in [-0.4, -0.2) is 26.2 Å². The van der Waals surface area contributed by atoms with Crippen molar-refractivity contribution in [3.8, 4) is 11.5 Å². The summed E-state index contributed by atoms with van der Waals surface area (Å²) in [6.45, 7) is 1.53. The van der Waals surface area contributed by atoms with Crippen molar-refractivity contribution >= 4 is 18.0 Å². The number of methoxy groups -OCH3 is 2. The van der Waals surface area contributed by atoms with E-state index in [2.05, 4.69) is 0 Å². The Labute approximate surface area is 150 Å². The molecule has 0 amide bonds. The van der Waals surface area contributed by atoms with Crippen molar-refractivity contribution in [3.63, 3.8) is 0 Å². The van der Waals surface area contributed by atoms with E-state index in [1.807, 2.05) is 6.07 Å².